The summed E-state index contributed by atoms with van der Waals surface area (Å²) in [6, 6.07) is 28.1. The van der Waals surface area contributed by atoms with E-state index in [1.807, 2.05) is 60.7 Å². The van der Waals surface area contributed by atoms with Crippen molar-refractivity contribution >= 4 is 16.9 Å². The van der Waals surface area contributed by atoms with Gasteiger partial charge in [-0.3, -0.25) is 4.79 Å². The smallest absolute Gasteiger partial charge is 0.313 e. The number of pyridine rings is 1. The molecule has 3 aromatic carbocycles. The maximum atomic E-state index is 11.6. The van der Waals surface area contributed by atoms with E-state index in [9.17, 15) is 9.90 Å². The van der Waals surface area contributed by atoms with Gasteiger partial charge in [-0.2, -0.15) is 0 Å². The van der Waals surface area contributed by atoms with E-state index in [4.69, 9.17) is 14.2 Å². The normalized spacial score (nSPS) is 11.6. The fraction of sp³-hybridized carbons (Fsp3) is 0.154. The van der Waals surface area contributed by atoms with Gasteiger partial charge in [-0.1, -0.05) is 48.5 Å². The van der Waals surface area contributed by atoms with Gasteiger partial charge >= 0.3 is 5.97 Å². The molecule has 0 fully saturated rings. The number of hydrogen-bond donors (Lipinski definition) is 1. The summed E-state index contributed by atoms with van der Waals surface area (Å²) in [5, 5.41) is 10.6. The molecule has 0 spiro atoms. The van der Waals surface area contributed by atoms with Crippen molar-refractivity contribution in [3.63, 3.8) is 0 Å². The molecule has 0 aliphatic rings. The van der Waals surface area contributed by atoms with E-state index in [-0.39, 0.29) is 13.2 Å². The quantitative estimate of drug-likeness (QED) is 0.383. The van der Waals surface area contributed by atoms with Crippen LogP contribution < -0.4 is 14.2 Å². The van der Waals surface area contributed by atoms with Gasteiger partial charge < -0.3 is 19.3 Å². The molecule has 1 aromatic heterocycles. The largest absolute Gasteiger partial charge is 0.493 e. The zero-order valence-electron chi connectivity index (χ0n) is 17.4. The first-order chi connectivity index (χ1) is 15.7. The zero-order valence-corrected chi connectivity index (χ0v) is 17.4. The number of para-hydroxylation sites is 2. The minimum atomic E-state index is -0.976. The highest BCUT2D eigenvalue weighted by Gasteiger charge is 2.19. The number of fused-ring (bicyclic) bond motifs is 1. The first-order valence-corrected chi connectivity index (χ1v) is 10.3. The number of hydrogen-bond acceptors (Lipinski definition) is 5. The van der Waals surface area contributed by atoms with Gasteiger partial charge in [0.05, 0.1) is 11.2 Å². The fourth-order valence-electron chi connectivity index (χ4n) is 3.10. The number of carboxylic acid groups (broad SMARTS) is 1. The molecule has 1 heterocycles. The molecule has 4 rings (SSSR count). The SMILES string of the molecule is O=C(O)C(COc1ccccc1)COc1cccc(OCc2ccc3ccccc3n2)c1. The number of aliphatic carboxylic acids is 1. The molecule has 1 atom stereocenters. The summed E-state index contributed by atoms with van der Waals surface area (Å²) in [4.78, 5) is 16.2. The van der Waals surface area contributed by atoms with E-state index in [2.05, 4.69) is 4.98 Å². The molecule has 0 bridgehead atoms. The van der Waals surface area contributed by atoms with Crippen LogP contribution in [0.3, 0.4) is 0 Å². The summed E-state index contributed by atoms with van der Waals surface area (Å²) in [6.07, 6.45) is 0. The Hall–Kier alpha value is -4.06. The molecule has 1 unspecified atom stereocenters. The molecule has 162 valence electrons. The third-order valence-electron chi connectivity index (χ3n) is 4.84. The van der Waals surface area contributed by atoms with E-state index in [0.29, 0.717) is 23.9 Å². The molecular weight excluding hydrogens is 406 g/mol. The second-order valence-electron chi connectivity index (χ2n) is 7.23. The van der Waals surface area contributed by atoms with Gasteiger partial charge in [0.1, 0.15) is 43.0 Å². The molecule has 0 aliphatic heterocycles. The first kappa shape index (κ1) is 21.2. The fourth-order valence-corrected chi connectivity index (χ4v) is 3.10. The van der Waals surface area contributed by atoms with Crippen molar-refractivity contribution in [2.75, 3.05) is 13.2 Å². The summed E-state index contributed by atoms with van der Waals surface area (Å²) in [6.45, 7) is 0.317. The highest BCUT2D eigenvalue weighted by molar-refractivity contribution is 5.78. The van der Waals surface area contributed by atoms with E-state index in [1.165, 1.54) is 0 Å². The lowest BCUT2D eigenvalue weighted by Crippen LogP contribution is -2.27. The minimum absolute atomic E-state index is 0.0160. The molecule has 4 aromatic rings. The minimum Gasteiger partial charge on any atom is -0.493 e. The predicted octanol–water partition coefficient (Wildman–Crippen LogP) is 4.97. The Morgan fingerprint density at radius 2 is 1.41 bits per heavy atom. The second-order valence-corrected chi connectivity index (χ2v) is 7.23. The summed E-state index contributed by atoms with van der Waals surface area (Å²) < 4.78 is 17.1. The molecule has 1 N–H and O–H groups in total. The summed E-state index contributed by atoms with van der Waals surface area (Å²) >= 11 is 0. The topological polar surface area (TPSA) is 77.9 Å². The Labute approximate surface area is 186 Å². The molecule has 0 saturated heterocycles. The molecule has 0 radical (unpaired) electrons. The van der Waals surface area contributed by atoms with Crippen LogP contribution in [0, 0.1) is 5.92 Å². The average molecular weight is 429 g/mol. The summed E-state index contributed by atoms with van der Waals surface area (Å²) in [7, 11) is 0. The maximum absolute atomic E-state index is 11.6. The number of carbonyl (C=O) groups is 1. The van der Waals surface area contributed by atoms with Crippen molar-refractivity contribution in [3.05, 3.63) is 96.7 Å². The van der Waals surface area contributed by atoms with Crippen LogP contribution in [0.25, 0.3) is 10.9 Å². The Balaban J connectivity index is 1.32. The lowest BCUT2D eigenvalue weighted by molar-refractivity contribution is -0.143. The number of carboxylic acids is 1. The van der Waals surface area contributed by atoms with Crippen LogP contribution in [0.15, 0.2) is 91.0 Å². The second kappa shape index (κ2) is 10.3. The zero-order chi connectivity index (χ0) is 22.2. The molecule has 6 nitrogen and oxygen atoms in total. The molecule has 0 amide bonds. The number of nitrogens with zero attached hydrogens (tertiary/aromatic N) is 1. The summed E-state index contributed by atoms with van der Waals surface area (Å²) in [5.41, 5.74) is 1.74. The number of rotatable bonds is 10. The third kappa shape index (κ3) is 5.76. The van der Waals surface area contributed by atoms with Gasteiger partial charge in [0, 0.05) is 11.5 Å². The van der Waals surface area contributed by atoms with Gasteiger partial charge in [0.25, 0.3) is 0 Å². The summed E-state index contributed by atoms with van der Waals surface area (Å²) in [5.74, 6) is -0.0152. The first-order valence-electron chi connectivity index (χ1n) is 10.3. The van der Waals surface area contributed by atoms with E-state index in [1.54, 1.807) is 30.3 Å². The molecular formula is C26H23NO5. The van der Waals surface area contributed by atoms with Crippen LogP contribution in [0.5, 0.6) is 17.2 Å². The van der Waals surface area contributed by atoms with Gasteiger partial charge in [-0.05, 0) is 36.4 Å². The maximum Gasteiger partial charge on any atom is 0.313 e. The monoisotopic (exact) mass is 429 g/mol. The molecule has 0 aliphatic carbocycles. The number of benzene rings is 3. The molecule has 32 heavy (non-hydrogen) atoms. The van der Waals surface area contributed by atoms with Gasteiger partial charge in [-0.15, -0.1) is 0 Å². The van der Waals surface area contributed by atoms with Crippen LogP contribution in [-0.2, 0) is 11.4 Å². The van der Waals surface area contributed by atoms with E-state index < -0.39 is 11.9 Å². The Bertz CT molecular complexity index is 1180. The van der Waals surface area contributed by atoms with Crippen LogP contribution >= 0.6 is 0 Å². The van der Waals surface area contributed by atoms with Crippen LogP contribution in [-0.4, -0.2) is 29.3 Å². The molecule has 6 heteroatoms. The lowest BCUT2D eigenvalue weighted by Gasteiger charge is -2.15. The van der Waals surface area contributed by atoms with E-state index >= 15 is 0 Å². The van der Waals surface area contributed by atoms with Crippen molar-refractivity contribution in [1.82, 2.24) is 4.98 Å². The van der Waals surface area contributed by atoms with Crippen LogP contribution in [0.2, 0.25) is 0 Å². The number of aromatic nitrogens is 1. The van der Waals surface area contributed by atoms with Crippen molar-refractivity contribution in [2.45, 2.75) is 6.61 Å². The third-order valence-corrected chi connectivity index (χ3v) is 4.84. The van der Waals surface area contributed by atoms with Crippen molar-refractivity contribution < 1.29 is 24.1 Å². The lowest BCUT2D eigenvalue weighted by atomic mass is 10.2. The van der Waals surface area contributed by atoms with Crippen molar-refractivity contribution in [2.24, 2.45) is 5.92 Å². The number of ether oxygens (including phenoxy) is 3. The highest BCUT2D eigenvalue weighted by atomic mass is 16.5. The highest BCUT2D eigenvalue weighted by Crippen LogP contribution is 2.22. The Morgan fingerprint density at radius 1 is 0.750 bits per heavy atom. The predicted molar refractivity (Wildman–Crippen MR) is 121 cm³/mol. The van der Waals surface area contributed by atoms with Gasteiger partial charge in [0.15, 0.2) is 0 Å². The van der Waals surface area contributed by atoms with Crippen LogP contribution in [0.1, 0.15) is 5.69 Å². The van der Waals surface area contributed by atoms with Gasteiger partial charge in [-0.25, -0.2) is 4.98 Å². The van der Waals surface area contributed by atoms with E-state index in [0.717, 1.165) is 16.6 Å². The van der Waals surface area contributed by atoms with Gasteiger partial charge in [0.2, 0.25) is 0 Å². The Kier molecular flexibility index (Phi) is 6.82. The standard InChI is InChI=1S/C26H23NO5/c28-26(29)20(16-30-22-8-2-1-3-9-22)17-31-23-10-6-11-24(15-23)32-18-21-14-13-19-7-4-5-12-25(19)27-21/h1-15,20H,16-18H2,(H,28,29). The Morgan fingerprint density at radius 3 is 2.19 bits per heavy atom. The molecule has 0 saturated carbocycles. The van der Waals surface area contributed by atoms with Crippen molar-refractivity contribution in [3.8, 4) is 17.2 Å². The van der Waals surface area contributed by atoms with Crippen molar-refractivity contribution in [1.29, 1.82) is 0 Å². The van der Waals surface area contributed by atoms with Crippen LogP contribution in [0.4, 0.5) is 0 Å². The average Bonchev–Trinajstić information content (AvgIpc) is 2.83.